The van der Waals surface area contributed by atoms with E-state index in [1.54, 1.807) is 85.6 Å². The van der Waals surface area contributed by atoms with Gasteiger partial charge in [-0.3, -0.25) is 4.79 Å². The Balaban J connectivity index is 1.89. The summed E-state index contributed by atoms with van der Waals surface area (Å²) in [6, 6.07) is 17.4. The van der Waals surface area contributed by atoms with Crippen LogP contribution in [-0.2, 0) is 0 Å². The molecule has 0 fully saturated rings. The van der Waals surface area contributed by atoms with Gasteiger partial charge in [0.2, 0.25) is 5.95 Å². The number of hydrogen-bond acceptors (Lipinski definition) is 7. The van der Waals surface area contributed by atoms with Crippen molar-refractivity contribution in [1.82, 2.24) is 19.1 Å². The van der Waals surface area contributed by atoms with Gasteiger partial charge in [-0.25, -0.2) is 9.36 Å². The normalized spacial score (nSPS) is 10.9. The van der Waals surface area contributed by atoms with Gasteiger partial charge >= 0.3 is 5.69 Å². The van der Waals surface area contributed by atoms with E-state index in [-0.39, 0.29) is 28.9 Å². The van der Waals surface area contributed by atoms with Crippen LogP contribution in [0, 0.1) is 0 Å². The lowest BCUT2D eigenvalue weighted by Gasteiger charge is -2.15. The Labute approximate surface area is 196 Å². The molecule has 0 aliphatic rings. The fraction of sp³-hybridized carbons (Fsp3) is 0.200. The molecule has 0 aliphatic heterocycles. The predicted octanol–water partition coefficient (Wildman–Crippen LogP) is 3.80. The van der Waals surface area contributed by atoms with Gasteiger partial charge in [-0.2, -0.15) is 9.97 Å². The molecule has 2 aromatic heterocycles. The van der Waals surface area contributed by atoms with Crippen LogP contribution in [0.2, 0.25) is 0 Å². The minimum atomic E-state index is -0.578. The third-order valence-electron chi connectivity index (χ3n) is 5.26. The van der Waals surface area contributed by atoms with Crippen LogP contribution < -0.4 is 26.0 Å². The van der Waals surface area contributed by atoms with Crippen LogP contribution in [0.3, 0.4) is 0 Å². The molecule has 9 heteroatoms. The topological polar surface area (TPSA) is 100 Å². The molecule has 0 aliphatic carbocycles. The van der Waals surface area contributed by atoms with Crippen LogP contribution in [0.4, 0.5) is 11.6 Å². The largest absolute Gasteiger partial charge is 0.497 e. The first-order chi connectivity index (χ1) is 16.4. The van der Waals surface area contributed by atoms with E-state index in [4.69, 9.17) is 9.47 Å². The number of aromatic nitrogens is 4. The minimum Gasteiger partial charge on any atom is -0.497 e. The Kier molecular flexibility index (Phi) is 6.44. The van der Waals surface area contributed by atoms with Crippen molar-refractivity contribution in [1.29, 1.82) is 0 Å². The van der Waals surface area contributed by atoms with Crippen LogP contribution in [0.5, 0.6) is 11.5 Å². The molecule has 2 heterocycles. The predicted molar refractivity (Wildman–Crippen MR) is 131 cm³/mol. The molecule has 4 aromatic rings. The van der Waals surface area contributed by atoms with Crippen molar-refractivity contribution in [2.45, 2.75) is 19.9 Å². The third kappa shape index (κ3) is 4.54. The van der Waals surface area contributed by atoms with Gasteiger partial charge in [0.15, 0.2) is 5.82 Å². The van der Waals surface area contributed by atoms with E-state index in [1.807, 2.05) is 13.8 Å². The molecule has 0 bridgehead atoms. The van der Waals surface area contributed by atoms with E-state index in [9.17, 15) is 9.59 Å². The number of nitrogens with zero attached hydrogens (tertiary/aromatic N) is 4. The average Bonchev–Trinajstić information content (AvgIpc) is 2.84. The lowest BCUT2D eigenvalue weighted by molar-refractivity contribution is 0.414. The van der Waals surface area contributed by atoms with E-state index < -0.39 is 5.69 Å². The number of rotatable bonds is 7. The van der Waals surface area contributed by atoms with Crippen molar-refractivity contribution in [3.8, 4) is 28.6 Å². The SMILES string of the molecule is COc1ccc(Nc2nc(-c3cccn(C(C)C)c3=O)nc(=O)n2-c2ccc(OC)cc2)cc1. The monoisotopic (exact) mass is 459 g/mol. The lowest BCUT2D eigenvalue weighted by Crippen LogP contribution is -2.28. The van der Waals surface area contributed by atoms with Gasteiger partial charge in [0.1, 0.15) is 11.5 Å². The third-order valence-corrected chi connectivity index (χ3v) is 5.26. The Morgan fingerprint density at radius 3 is 2.06 bits per heavy atom. The van der Waals surface area contributed by atoms with E-state index >= 15 is 0 Å². The summed E-state index contributed by atoms with van der Waals surface area (Å²) in [5, 5.41) is 3.17. The Bertz CT molecular complexity index is 1410. The van der Waals surface area contributed by atoms with Crippen molar-refractivity contribution >= 4 is 11.6 Å². The highest BCUT2D eigenvalue weighted by atomic mass is 16.5. The van der Waals surface area contributed by atoms with Gasteiger partial charge in [-0.1, -0.05) is 0 Å². The van der Waals surface area contributed by atoms with Gasteiger partial charge in [-0.15, -0.1) is 0 Å². The minimum absolute atomic E-state index is 0.0470. The summed E-state index contributed by atoms with van der Waals surface area (Å²) < 4.78 is 13.4. The summed E-state index contributed by atoms with van der Waals surface area (Å²) >= 11 is 0. The summed E-state index contributed by atoms with van der Waals surface area (Å²) in [7, 11) is 3.16. The fourth-order valence-corrected chi connectivity index (χ4v) is 3.47. The molecule has 174 valence electrons. The number of hydrogen-bond donors (Lipinski definition) is 1. The van der Waals surface area contributed by atoms with Gasteiger partial charge in [-0.05, 0) is 74.5 Å². The number of pyridine rings is 1. The van der Waals surface area contributed by atoms with E-state index in [0.717, 1.165) is 0 Å². The van der Waals surface area contributed by atoms with Crippen molar-refractivity contribution in [3.63, 3.8) is 0 Å². The second-order valence-corrected chi connectivity index (χ2v) is 7.77. The molecule has 0 amide bonds. The Morgan fingerprint density at radius 1 is 0.853 bits per heavy atom. The van der Waals surface area contributed by atoms with Gasteiger partial charge in [0, 0.05) is 17.9 Å². The Morgan fingerprint density at radius 2 is 1.47 bits per heavy atom. The molecular formula is C25H25N5O4. The van der Waals surface area contributed by atoms with Crippen molar-refractivity contribution in [2.75, 3.05) is 19.5 Å². The zero-order valence-electron chi connectivity index (χ0n) is 19.4. The second-order valence-electron chi connectivity index (χ2n) is 7.77. The maximum Gasteiger partial charge on any atom is 0.357 e. The van der Waals surface area contributed by atoms with Crippen LogP contribution in [0.1, 0.15) is 19.9 Å². The van der Waals surface area contributed by atoms with Crippen LogP contribution in [0.25, 0.3) is 17.1 Å². The number of anilines is 2. The molecule has 0 saturated carbocycles. The van der Waals surface area contributed by atoms with Gasteiger partial charge < -0.3 is 19.4 Å². The van der Waals surface area contributed by atoms with E-state index in [0.29, 0.717) is 22.9 Å². The lowest BCUT2D eigenvalue weighted by atomic mass is 10.2. The zero-order chi connectivity index (χ0) is 24.2. The molecule has 1 N–H and O–H groups in total. The number of benzene rings is 2. The van der Waals surface area contributed by atoms with Crippen LogP contribution >= 0.6 is 0 Å². The van der Waals surface area contributed by atoms with Crippen LogP contribution in [0.15, 0.2) is 76.4 Å². The molecule has 2 aromatic carbocycles. The molecule has 34 heavy (non-hydrogen) atoms. The van der Waals surface area contributed by atoms with Gasteiger partial charge in [0.25, 0.3) is 5.56 Å². The number of nitrogens with one attached hydrogen (secondary N) is 1. The first-order valence-electron chi connectivity index (χ1n) is 10.7. The highest BCUT2D eigenvalue weighted by molar-refractivity contribution is 5.61. The highest BCUT2D eigenvalue weighted by Crippen LogP contribution is 2.23. The summed E-state index contributed by atoms with van der Waals surface area (Å²) in [6.07, 6.45) is 1.70. The smallest absolute Gasteiger partial charge is 0.357 e. The molecule has 0 unspecified atom stereocenters. The summed E-state index contributed by atoms with van der Waals surface area (Å²) in [6.45, 7) is 3.81. The molecular weight excluding hydrogens is 434 g/mol. The first-order valence-corrected chi connectivity index (χ1v) is 10.7. The molecule has 0 atom stereocenters. The highest BCUT2D eigenvalue weighted by Gasteiger charge is 2.17. The van der Waals surface area contributed by atoms with Crippen molar-refractivity contribution < 1.29 is 9.47 Å². The molecule has 0 spiro atoms. The molecule has 0 radical (unpaired) electrons. The van der Waals surface area contributed by atoms with E-state index in [2.05, 4.69) is 15.3 Å². The summed E-state index contributed by atoms with van der Waals surface area (Å²) in [4.78, 5) is 35.0. The maximum absolute atomic E-state index is 13.2. The first kappa shape index (κ1) is 22.8. The maximum atomic E-state index is 13.2. The zero-order valence-corrected chi connectivity index (χ0v) is 19.4. The number of ether oxygens (including phenoxy) is 2. The Hall–Kier alpha value is -4.40. The second kappa shape index (κ2) is 9.62. The fourth-order valence-electron chi connectivity index (χ4n) is 3.47. The molecule has 0 saturated heterocycles. The van der Waals surface area contributed by atoms with Crippen molar-refractivity contribution in [3.05, 3.63) is 87.7 Å². The number of methoxy groups -OCH3 is 2. The average molecular weight is 460 g/mol. The summed E-state index contributed by atoms with van der Waals surface area (Å²) in [5.41, 5.74) is 0.619. The summed E-state index contributed by atoms with van der Waals surface area (Å²) in [5.74, 6) is 1.60. The molecule has 4 rings (SSSR count). The van der Waals surface area contributed by atoms with Crippen molar-refractivity contribution in [2.24, 2.45) is 0 Å². The van der Waals surface area contributed by atoms with Crippen LogP contribution in [-0.4, -0.2) is 33.3 Å². The van der Waals surface area contributed by atoms with E-state index in [1.165, 1.54) is 4.57 Å². The van der Waals surface area contributed by atoms with Gasteiger partial charge in [0.05, 0.1) is 25.5 Å². The standard InChI is InChI=1S/C25H25N5O4/c1-16(2)29-15-5-6-21(23(29)31)22-27-24(26-17-7-11-19(33-3)12-8-17)30(25(32)28-22)18-9-13-20(34-4)14-10-18/h5-16H,1-4H3,(H,26,27,28,32). The quantitative estimate of drug-likeness (QED) is 0.449. The molecule has 9 nitrogen and oxygen atoms in total.